The zero-order chi connectivity index (χ0) is 49.7. The van der Waals surface area contributed by atoms with Crippen molar-refractivity contribution >= 4 is 38.9 Å². The fourth-order valence-corrected chi connectivity index (χ4v) is 12.1. The number of nitrogens with zero attached hydrogens (tertiary/aromatic N) is 2. The highest BCUT2D eigenvalue weighted by Gasteiger charge is 2.46. The highest BCUT2D eigenvalue weighted by molar-refractivity contribution is 6.09. The minimum atomic E-state index is -0.459. The Balaban J connectivity index is 0.820. The van der Waals surface area contributed by atoms with Crippen LogP contribution in [0, 0.1) is 0 Å². The number of rotatable bonds is 10. The van der Waals surface area contributed by atoms with Crippen molar-refractivity contribution in [2.24, 2.45) is 0 Å². The van der Waals surface area contributed by atoms with E-state index in [0.717, 1.165) is 22.6 Å². The summed E-state index contributed by atoms with van der Waals surface area (Å²) in [4.78, 5) is 2.38. The molecule has 0 saturated heterocycles. The molecular formula is C73H50N2. The van der Waals surface area contributed by atoms with E-state index in [1.54, 1.807) is 0 Å². The molecule has 13 aromatic rings. The maximum atomic E-state index is 2.45. The Morgan fingerprint density at radius 3 is 1.31 bits per heavy atom. The summed E-state index contributed by atoms with van der Waals surface area (Å²) in [5.41, 5.74) is 23.5. The Labute approximate surface area is 438 Å². The quantitative estimate of drug-likeness (QED) is 0.133. The van der Waals surface area contributed by atoms with Gasteiger partial charge in [-0.1, -0.05) is 243 Å². The van der Waals surface area contributed by atoms with Crippen LogP contribution in [-0.4, -0.2) is 4.57 Å². The monoisotopic (exact) mass is 954 g/mol. The van der Waals surface area contributed by atoms with Gasteiger partial charge in [-0.2, -0.15) is 0 Å². The molecule has 1 heterocycles. The Morgan fingerprint density at radius 2 is 0.680 bits per heavy atom. The summed E-state index contributed by atoms with van der Waals surface area (Å²) in [7, 11) is 0. The molecule has 0 saturated carbocycles. The van der Waals surface area contributed by atoms with Gasteiger partial charge in [0.15, 0.2) is 0 Å². The maximum Gasteiger partial charge on any atom is 0.0713 e. The summed E-state index contributed by atoms with van der Waals surface area (Å²) in [6.45, 7) is 0. The van der Waals surface area contributed by atoms with E-state index in [0.29, 0.717) is 0 Å². The molecule has 0 spiro atoms. The molecule has 352 valence electrons. The normalized spacial score (nSPS) is 12.4. The molecular weight excluding hydrogens is 905 g/mol. The topological polar surface area (TPSA) is 8.17 Å². The van der Waals surface area contributed by atoms with Gasteiger partial charge in [0, 0.05) is 33.4 Å². The van der Waals surface area contributed by atoms with Gasteiger partial charge in [0.25, 0.3) is 0 Å². The number of para-hydroxylation sites is 3. The standard InChI is InChI=1S/C73H50N2/c1-4-19-51(20-5-1)56-21-18-26-62(49-56)74(60-44-39-53(40-45-60)52-35-37-55(38-36-52)63-27-11-15-32-70(63)75-71-33-16-12-29-66(71)67-30-13-17-34-72(67)75)61-46-41-54(42-47-61)57-43-48-65-64-28-10-14-31-68(64)73(69(65)50-57,58-22-6-2-7-23-58)59-24-8-3-9-25-59/h1-50H. The molecule has 75 heavy (non-hydrogen) atoms. The average Bonchev–Trinajstić information content (AvgIpc) is 4.03. The minimum absolute atomic E-state index is 0.459. The third kappa shape index (κ3) is 7.41. The summed E-state index contributed by atoms with van der Waals surface area (Å²) in [6.07, 6.45) is 0. The average molecular weight is 955 g/mol. The fraction of sp³-hybridized carbons (Fsp3) is 0.0137. The van der Waals surface area contributed by atoms with Gasteiger partial charge in [-0.15, -0.1) is 0 Å². The van der Waals surface area contributed by atoms with E-state index in [9.17, 15) is 0 Å². The van der Waals surface area contributed by atoms with Crippen LogP contribution in [0.3, 0.4) is 0 Å². The first-order valence-corrected chi connectivity index (χ1v) is 25.9. The van der Waals surface area contributed by atoms with Gasteiger partial charge >= 0.3 is 0 Å². The Kier molecular flexibility index (Phi) is 10.8. The van der Waals surface area contributed by atoms with Crippen LogP contribution in [0.4, 0.5) is 17.1 Å². The minimum Gasteiger partial charge on any atom is -0.310 e. The first-order valence-electron chi connectivity index (χ1n) is 25.9. The van der Waals surface area contributed by atoms with Crippen LogP contribution < -0.4 is 4.90 Å². The van der Waals surface area contributed by atoms with E-state index in [-0.39, 0.29) is 0 Å². The van der Waals surface area contributed by atoms with E-state index in [1.807, 2.05) is 0 Å². The van der Waals surface area contributed by atoms with Crippen LogP contribution in [-0.2, 0) is 5.41 Å². The molecule has 0 atom stereocenters. The smallest absolute Gasteiger partial charge is 0.0713 e. The lowest BCUT2D eigenvalue weighted by Gasteiger charge is -2.34. The predicted molar refractivity (Wildman–Crippen MR) is 315 cm³/mol. The van der Waals surface area contributed by atoms with Crippen LogP contribution in [0.1, 0.15) is 22.3 Å². The summed E-state index contributed by atoms with van der Waals surface area (Å²) in [5, 5.41) is 2.52. The lowest BCUT2D eigenvalue weighted by Crippen LogP contribution is -2.28. The van der Waals surface area contributed by atoms with Gasteiger partial charge in [0.1, 0.15) is 0 Å². The summed E-state index contributed by atoms with van der Waals surface area (Å²) in [5.74, 6) is 0. The Bertz CT molecular complexity index is 4100. The van der Waals surface area contributed by atoms with Crippen molar-refractivity contribution in [3.63, 3.8) is 0 Å². The molecule has 0 aliphatic heterocycles. The van der Waals surface area contributed by atoms with Crippen molar-refractivity contribution in [2.45, 2.75) is 5.41 Å². The van der Waals surface area contributed by atoms with Crippen molar-refractivity contribution in [1.29, 1.82) is 0 Å². The molecule has 1 aromatic heterocycles. The molecule has 1 aliphatic rings. The van der Waals surface area contributed by atoms with E-state index < -0.39 is 5.41 Å². The summed E-state index contributed by atoms with van der Waals surface area (Å²) >= 11 is 0. The lowest BCUT2D eigenvalue weighted by atomic mass is 9.67. The SMILES string of the molecule is c1ccc(-c2cccc(N(c3ccc(-c4ccc(-c5ccccc5-n5c6ccccc6c6ccccc65)cc4)cc3)c3ccc(-c4ccc5c(c4)C(c4ccccc4)(c4ccccc4)c4ccccc4-5)cc3)c2)cc1. The zero-order valence-corrected chi connectivity index (χ0v) is 41.3. The lowest BCUT2D eigenvalue weighted by molar-refractivity contribution is 0.769. The fourth-order valence-electron chi connectivity index (χ4n) is 12.1. The first-order chi connectivity index (χ1) is 37.2. The highest BCUT2D eigenvalue weighted by Crippen LogP contribution is 2.57. The van der Waals surface area contributed by atoms with E-state index in [2.05, 4.69) is 313 Å². The highest BCUT2D eigenvalue weighted by atomic mass is 15.1. The molecule has 0 bridgehead atoms. The van der Waals surface area contributed by atoms with E-state index in [1.165, 1.54) is 99.8 Å². The molecule has 0 fully saturated rings. The molecule has 0 N–H and O–H groups in total. The van der Waals surface area contributed by atoms with Gasteiger partial charge < -0.3 is 9.47 Å². The number of anilines is 3. The maximum absolute atomic E-state index is 2.45. The number of benzene rings is 12. The van der Waals surface area contributed by atoms with Gasteiger partial charge in [-0.3, -0.25) is 0 Å². The van der Waals surface area contributed by atoms with Gasteiger partial charge in [0.2, 0.25) is 0 Å². The molecule has 0 radical (unpaired) electrons. The van der Waals surface area contributed by atoms with Crippen LogP contribution in [0.5, 0.6) is 0 Å². The van der Waals surface area contributed by atoms with E-state index in [4.69, 9.17) is 0 Å². The number of fused-ring (bicyclic) bond motifs is 6. The van der Waals surface area contributed by atoms with Crippen molar-refractivity contribution in [2.75, 3.05) is 4.90 Å². The molecule has 2 heteroatoms. The second kappa shape index (κ2) is 18.4. The van der Waals surface area contributed by atoms with Gasteiger partial charge in [-0.05, 0) is 133 Å². The number of hydrogen-bond donors (Lipinski definition) is 0. The van der Waals surface area contributed by atoms with Gasteiger partial charge in [-0.25, -0.2) is 0 Å². The molecule has 1 aliphatic carbocycles. The molecule has 2 nitrogen and oxygen atoms in total. The summed E-state index contributed by atoms with van der Waals surface area (Å²) < 4.78 is 2.41. The second-order valence-electron chi connectivity index (χ2n) is 19.6. The predicted octanol–water partition coefficient (Wildman–Crippen LogP) is 19.3. The van der Waals surface area contributed by atoms with Crippen LogP contribution in [0.15, 0.2) is 303 Å². The molecule has 12 aromatic carbocycles. The van der Waals surface area contributed by atoms with Crippen molar-refractivity contribution in [3.8, 4) is 61.3 Å². The molecule has 14 rings (SSSR count). The van der Waals surface area contributed by atoms with Gasteiger partial charge in [0.05, 0.1) is 22.1 Å². The zero-order valence-electron chi connectivity index (χ0n) is 41.3. The third-order valence-corrected chi connectivity index (χ3v) is 15.5. The molecule has 0 amide bonds. The summed E-state index contributed by atoms with van der Waals surface area (Å²) in [6, 6.07) is 111. The van der Waals surface area contributed by atoms with E-state index >= 15 is 0 Å². The van der Waals surface area contributed by atoms with Crippen LogP contribution >= 0.6 is 0 Å². The van der Waals surface area contributed by atoms with Crippen LogP contribution in [0.2, 0.25) is 0 Å². The largest absolute Gasteiger partial charge is 0.310 e. The number of aromatic nitrogens is 1. The number of hydrogen-bond acceptors (Lipinski definition) is 1. The third-order valence-electron chi connectivity index (χ3n) is 15.5. The molecule has 0 unspecified atom stereocenters. The first kappa shape index (κ1) is 44.0. The van der Waals surface area contributed by atoms with Crippen LogP contribution in [0.25, 0.3) is 83.1 Å². The second-order valence-corrected chi connectivity index (χ2v) is 19.6. The van der Waals surface area contributed by atoms with Crippen molar-refractivity contribution < 1.29 is 0 Å². The van der Waals surface area contributed by atoms with Crippen molar-refractivity contribution in [3.05, 3.63) is 326 Å². The Hall–Kier alpha value is -9.76. The van der Waals surface area contributed by atoms with Crippen molar-refractivity contribution in [1.82, 2.24) is 4.57 Å². The Morgan fingerprint density at radius 1 is 0.253 bits per heavy atom.